The van der Waals surface area contributed by atoms with Gasteiger partial charge in [-0.25, -0.2) is 4.98 Å². The summed E-state index contributed by atoms with van der Waals surface area (Å²) in [6.45, 7) is 4.24. The maximum Gasteiger partial charge on any atom is 0.129 e. The van der Waals surface area contributed by atoms with E-state index in [4.69, 9.17) is 18.0 Å². The van der Waals surface area contributed by atoms with Gasteiger partial charge in [-0.1, -0.05) is 12.2 Å². The van der Waals surface area contributed by atoms with Crippen molar-refractivity contribution in [3.05, 3.63) is 23.4 Å². The Labute approximate surface area is 120 Å². The average molecular weight is 278 g/mol. The lowest BCUT2D eigenvalue weighted by Gasteiger charge is -2.36. The average Bonchev–Trinajstić information content (AvgIpc) is 2.37. The standard InChI is InChI=1S/C14H22N4S/c1-10-7-11(14(15)19)8-13(16-10)18(3)12-5-4-6-17(2)9-12/h7-8,12H,4-6,9H2,1-3H3,(H2,15,19). The van der Waals surface area contributed by atoms with Crippen molar-refractivity contribution in [3.8, 4) is 0 Å². The minimum Gasteiger partial charge on any atom is -0.389 e. The molecule has 2 rings (SSSR count). The van der Waals surface area contributed by atoms with Crippen LogP contribution >= 0.6 is 12.2 Å². The lowest BCUT2D eigenvalue weighted by atomic mass is 10.0. The predicted octanol–water partition coefficient (Wildman–Crippen LogP) is 1.55. The van der Waals surface area contributed by atoms with Crippen molar-refractivity contribution in [2.75, 3.05) is 32.1 Å². The summed E-state index contributed by atoms with van der Waals surface area (Å²) < 4.78 is 0. The maximum atomic E-state index is 5.73. The fourth-order valence-electron chi connectivity index (χ4n) is 2.62. The van der Waals surface area contributed by atoms with Crippen LogP contribution in [0.3, 0.4) is 0 Å². The third kappa shape index (κ3) is 3.42. The lowest BCUT2D eigenvalue weighted by Crippen LogP contribution is -2.45. The fraction of sp³-hybridized carbons (Fsp3) is 0.571. The van der Waals surface area contributed by atoms with E-state index >= 15 is 0 Å². The van der Waals surface area contributed by atoms with Crippen molar-refractivity contribution in [1.29, 1.82) is 0 Å². The first-order valence-corrected chi connectivity index (χ1v) is 7.08. The van der Waals surface area contributed by atoms with Crippen molar-refractivity contribution < 1.29 is 0 Å². The van der Waals surface area contributed by atoms with Crippen molar-refractivity contribution in [2.24, 2.45) is 5.73 Å². The van der Waals surface area contributed by atoms with Gasteiger partial charge in [-0.3, -0.25) is 0 Å². The summed E-state index contributed by atoms with van der Waals surface area (Å²) in [4.78, 5) is 9.66. The normalized spacial score (nSPS) is 20.3. The lowest BCUT2D eigenvalue weighted by molar-refractivity contribution is 0.247. The highest BCUT2D eigenvalue weighted by Gasteiger charge is 2.22. The zero-order valence-electron chi connectivity index (χ0n) is 11.9. The van der Waals surface area contributed by atoms with Crippen LogP contribution < -0.4 is 10.6 Å². The van der Waals surface area contributed by atoms with Crippen molar-refractivity contribution >= 4 is 23.0 Å². The van der Waals surface area contributed by atoms with Crippen LogP contribution in [0.2, 0.25) is 0 Å². The summed E-state index contributed by atoms with van der Waals surface area (Å²) in [6, 6.07) is 4.43. The van der Waals surface area contributed by atoms with Crippen LogP contribution in [0.4, 0.5) is 5.82 Å². The quantitative estimate of drug-likeness (QED) is 0.850. The van der Waals surface area contributed by atoms with Gasteiger partial charge in [0, 0.05) is 30.9 Å². The van der Waals surface area contributed by atoms with Gasteiger partial charge in [0.15, 0.2) is 0 Å². The van der Waals surface area contributed by atoms with Gasteiger partial charge in [-0.2, -0.15) is 0 Å². The second-order valence-electron chi connectivity index (χ2n) is 5.39. The highest BCUT2D eigenvalue weighted by Crippen LogP contribution is 2.21. The molecule has 1 atom stereocenters. The van der Waals surface area contributed by atoms with Gasteiger partial charge in [-0.05, 0) is 45.5 Å². The summed E-state index contributed by atoms with van der Waals surface area (Å²) in [6.07, 6.45) is 2.44. The molecule has 0 saturated carbocycles. The predicted molar refractivity (Wildman–Crippen MR) is 83.8 cm³/mol. The molecule has 0 aliphatic carbocycles. The van der Waals surface area contributed by atoms with Gasteiger partial charge >= 0.3 is 0 Å². The first kappa shape index (κ1) is 14.2. The van der Waals surface area contributed by atoms with Gasteiger partial charge in [0.05, 0.1) is 0 Å². The van der Waals surface area contributed by atoms with E-state index in [2.05, 4.69) is 28.9 Å². The Morgan fingerprint density at radius 2 is 2.26 bits per heavy atom. The molecule has 0 spiro atoms. The van der Waals surface area contributed by atoms with Gasteiger partial charge in [-0.15, -0.1) is 0 Å². The van der Waals surface area contributed by atoms with E-state index in [1.54, 1.807) is 0 Å². The van der Waals surface area contributed by atoms with E-state index in [9.17, 15) is 0 Å². The Morgan fingerprint density at radius 3 is 2.89 bits per heavy atom. The minimum absolute atomic E-state index is 0.431. The highest BCUT2D eigenvalue weighted by molar-refractivity contribution is 7.80. The van der Waals surface area contributed by atoms with Gasteiger partial charge < -0.3 is 15.5 Å². The number of hydrogen-bond donors (Lipinski definition) is 1. The summed E-state index contributed by atoms with van der Waals surface area (Å²) in [7, 11) is 4.28. The second-order valence-corrected chi connectivity index (χ2v) is 5.83. The molecule has 19 heavy (non-hydrogen) atoms. The second kappa shape index (κ2) is 5.84. The topological polar surface area (TPSA) is 45.4 Å². The Hall–Kier alpha value is -1.20. The molecular formula is C14H22N4S. The monoisotopic (exact) mass is 278 g/mol. The molecule has 1 fully saturated rings. The van der Waals surface area contributed by atoms with Crippen LogP contribution in [0.25, 0.3) is 0 Å². The Kier molecular flexibility index (Phi) is 4.37. The smallest absolute Gasteiger partial charge is 0.129 e. The molecule has 2 N–H and O–H groups in total. The number of nitrogens with zero attached hydrogens (tertiary/aromatic N) is 3. The molecule has 0 amide bonds. The number of anilines is 1. The summed E-state index contributed by atoms with van der Waals surface area (Å²) >= 11 is 5.07. The Balaban J connectivity index is 2.22. The first-order valence-electron chi connectivity index (χ1n) is 6.67. The van der Waals surface area contributed by atoms with E-state index in [-0.39, 0.29) is 0 Å². The van der Waals surface area contributed by atoms with Crippen LogP contribution in [0.1, 0.15) is 24.1 Å². The number of rotatable bonds is 3. The number of pyridine rings is 1. The highest BCUT2D eigenvalue weighted by atomic mass is 32.1. The molecule has 1 aliphatic rings. The zero-order valence-corrected chi connectivity index (χ0v) is 12.7. The molecular weight excluding hydrogens is 256 g/mol. The summed E-state index contributed by atoms with van der Waals surface area (Å²) in [5.41, 5.74) is 7.58. The molecule has 1 aromatic heterocycles. The number of hydrogen-bond acceptors (Lipinski definition) is 4. The molecule has 1 aliphatic heterocycles. The molecule has 2 heterocycles. The van der Waals surface area contributed by atoms with Crippen LogP contribution in [0, 0.1) is 6.92 Å². The molecule has 1 saturated heterocycles. The summed E-state index contributed by atoms with van der Waals surface area (Å²) in [5, 5.41) is 0. The molecule has 0 aromatic carbocycles. The molecule has 0 bridgehead atoms. The fourth-order valence-corrected chi connectivity index (χ4v) is 2.73. The number of piperidine rings is 1. The molecule has 1 unspecified atom stereocenters. The van der Waals surface area contributed by atoms with E-state index in [1.165, 1.54) is 19.4 Å². The third-order valence-corrected chi connectivity index (χ3v) is 3.97. The number of aryl methyl sites for hydroxylation is 1. The zero-order chi connectivity index (χ0) is 14.0. The molecule has 104 valence electrons. The van der Waals surface area contributed by atoms with Gasteiger partial charge in [0.1, 0.15) is 10.8 Å². The minimum atomic E-state index is 0.431. The number of likely N-dealkylation sites (N-methyl/N-ethyl adjacent to an activating group) is 2. The molecule has 0 radical (unpaired) electrons. The van der Waals surface area contributed by atoms with E-state index in [0.717, 1.165) is 23.6 Å². The number of nitrogens with two attached hydrogens (primary N) is 1. The Bertz CT molecular complexity index is 475. The van der Waals surface area contributed by atoms with Gasteiger partial charge in [0.2, 0.25) is 0 Å². The van der Waals surface area contributed by atoms with Crippen molar-refractivity contribution in [2.45, 2.75) is 25.8 Å². The number of aromatic nitrogens is 1. The van der Waals surface area contributed by atoms with E-state index in [1.807, 2.05) is 19.1 Å². The Morgan fingerprint density at radius 1 is 1.53 bits per heavy atom. The van der Waals surface area contributed by atoms with Crippen LogP contribution in [-0.4, -0.2) is 48.1 Å². The maximum absolute atomic E-state index is 5.73. The van der Waals surface area contributed by atoms with Crippen molar-refractivity contribution in [1.82, 2.24) is 9.88 Å². The molecule has 1 aromatic rings. The summed E-state index contributed by atoms with van der Waals surface area (Å²) in [5.74, 6) is 0.961. The van der Waals surface area contributed by atoms with E-state index in [0.29, 0.717) is 11.0 Å². The van der Waals surface area contributed by atoms with Crippen LogP contribution in [0.15, 0.2) is 12.1 Å². The first-order chi connectivity index (χ1) is 8.97. The van der Waals surface area contributed by atoms with E-state index < -0.39 is 0 Å². The number of thiocarbonyl (C=S) groups is 1. The van der Waals surface area contributed by atoms with Gasteiger partial charge in [0.25, 0.3) is 0 Å². The largest absolute Gasteiger partial charge is 0.389 e. The molecule has 4 nitrogen and oxygen atoms in total. The van der Waals surface area contributed by atoms with Crippen molar-refractivity contribution in [3.63, 3.8) is 0 Å². The van der Waals surface area contributed by atoms with Crippen LogP contribution in [-0.2, 0) is 0 Å². The third-order valence-electron chi connectivity index (χ3n) is 3.73. The number of likely N-dealkylation sites (tertiary alicyclic amines) is 1. The SMILES string of the molecule is Cc1cc(C(N)=S)cc(N(C)C2CCCN(C)C2)n1. The molecule has 5 heteroatoms. The van der Waals surface area contributed by atoms with Crippen LogP contribution in [0.5, 0.6) is 0 Å².